The van der Waals surface area contributed by atoms with Gasteiger partial charge in [-0.1, -0.05) is 42.5 Å². The van der Waals surface area contributed by atoms with Gasteiger partial charge in [-0.25, -0.2) is 4.79 Å². The maximum atomic E-state index is 13.4. The first-order valence-corrected chi connectivity index (χ1v) is 9.78. The van der Waals surface area contributed by atoms with E-state index in [1.165, 1.54) is 6.07 Å². The quantitative estimate of drug-likeness (QED) is 0.580. The zero-order chi connectivity index (χ0) is 20.4. The zero-order valence-corrected chi connectivity index (χ0v) is 15.9. The Hall–Kier alpha value is -2.84. The summed E-state index contributed by atoms with van der Waals surface area (Å²) in [7, 11) is -1.32. The highest BCUT2D eigenvalue weighted by Gasteiger charge is 2.45. The molecule has 0 saturated carbocycles. The van der Waals surface area contributed by atoms with Gasteiger partial charge in [0.05, 0.1) is 16.9 Å². The summed E-state index contributed by atoms with van der Waals surface area (Å²) in [5.74, 6) is -1.75. The summed E-state index contributed by atoms with van der Waals surface area (Å²) >= 11 is 0. The van der Waals surface area contributed by atoms with E-state index in [0.717, 1.165) is 18.7 Å². The fourth-order valence-corrected chi connectivity index (χ4v) is 4.28. The van der Waals surface area contributed by atoms with Gasteiger partial charge >= 0.3 is 13.1 Å². The van der Waals surface area contributed by atoms with E-state index in [2.05, 4.69) is 10.6 Å². The first-order valence-electron chi connectivity index (χ1n) is 9.78. The zero-order valence-electron chi connectivity index (χ0n) is 15.9. The molecule has 0 radical (unpaired) electrons. The number of carbonyl (C=O) groups is 2. The van der Waals surface area contributed by atoms with Crippen molar-refractivity contribution in [2.24, 2.45) is 0 Å². The Balaban J connectivity index is 1.59. The summed E-state index contributed by atoms with van der Waals surface area (Å²) in [5, 5.41) is 26.1. The fraction of sp³-hybridized carbons (Fsp3) is 0.333. The number of para-hydroxylation sites is 1. The van der Waals surface area contributed by atoms with Crippen LogP contribution in [0.15, 0.2) is 48.5 Å². The Morgan fingerprint density at radius 3 is 2.52 bits per heavy atom. The number of benzene rings is 2. The van der Waals surface area contributed by atoms with E-state index in [0.29, 0.717) is 24.8 Å². The molecular weight excluding hydrogens is 371 g/mol. The Morgan fingerprint density at radius 1 is 1.10 bits per heavy atom. The van der Waals surface area contributed by atoms with Crippen molar-refractivity contribution < 1.29 is 24.4 Å². The number of carbonyl (C=O) groups excluding carboxylic acids is 1. The SMILES string of the molecule is O=C(O)c1cccc2c1OB(O)[C@@H](NC(=O)C1(c3ccccc3)CCNCC1)C2. The standard InChI is InChI=1S/C21H23BN2O5/c25-19(26)16-8-4-5-14-13-17(22(28)29-18(14)16)24-20(27)21(9-11-23-12-10-21)15-6-2-1-3-7-15/h1-8,17,23,28H,9-13H2,(H,24,27)(H,25,26)/t17-/m0/s1. The van der Waals surface area contributed by atoms with Crippen LogP contribution >= 0.6 is 0 Å². The molecule has 2 aromatic carbocycles. The third-order valence-corrected chi connectivity index (χ3v) is 5.88. The van der Waals surface area contributed by atoms with Gasteiger partial charge in [0.1, 0.15) is 5.75 Å². The molecule has 1 saturated heterocycles. The van der Waals surface area contributed by atoms with Gasteiger partial charge in [-0.05, 0) is 49.5 Å². The summed E-state index contributed by atoms with van der Waals surface area (Å²) in [5.41, 5.74) is 0.943. The number of rotatable bonds is 4. The highest BCUT2D eigenvalue weighted by Crippen LogP contribution is 2.35. The minimum Gasteiger partial charge on any atom is -0.534 e. The molecule has 0 aromatic heterocycles. The monoisotopic (exact) mass is 394 g/mol. The molecule has 2 heterocycles. The van der Waals surface area contributed by atoms with Crippen LogP contribution < -0.4 is 15.3 Å². The molecule has 4 rings (SSSR count). The number of nitrogens with one attached hydrogen (secondary N) is 2. The van der Waals surface area contributed by atoms with Crippen LogP contribution in [0.5, 0.6) is 5.75 Å². The van der Waals surface area contributed by atoms with E-state index in [1.54, 1.807) is 12.1 Å². The minimum absolute atomic E-state index is 0.00503. The van der Waals surface area contributed by atoms with Gasteiger partial charge < -0.3 is 25.4 Å². The third kappa shape index (κ3) is 3.61. The lowest BCUT2D eigenvalue weighted by atomic mass is 9.69. The van der Waals surface area contributed by atoms with E-state index in [1.807, 2.05) is 30.3 Å². The number of hydrogen-bond acceptors (Lipinski definition) is 5. The molecule has 2 aliphatic rings. The van der Waals surface area contributed by atoms with Crippen molar-refractivity contribution >= 4 is 19.0 Å². The number of hydrogen-bond donors (Lipinski definition) is 4. The van der Waals surface area contributed by atoms with Crippen LogP contribution in [0.2, 0.25) is 0 Å². The highest BCUT2D eigenvalue weighted by atomic mass is 16.5. The second-order valence-electron chi connectivity index (χ2n) is 7.59. The Labute approximate surface area is 169 Å². The Kier molecular flexibility index (Phi) is 5.30. The van der Waals surface area contributed by atoms with Gasteiger partial charge in [0.2, 0.25) is 5.91 Å². The van der Waals surface area contributed by atoms with Gasteiger partial charge in [0.15, 0.2) is 0 Å². The van der Waals surface area contributed by atoms with Crippen LogP contribution in [-0.2, 0) is 16.6 Å². The lowest BCUT2D eigenvalue weighted by molar-refractivity contribution is -0.128. The second kappa shape index (κ2) is 7.89. The van der Waals surface area contributed by atoms with Crippen LogP contribution in [0, 0.1) is 0 Å². The minimum atomic E-state index is -1.32. The van der Waals surface area contributed by atoms with E-state index >= 15 is 0 Å². The first kappa shape index (κ1) is 19.5. The largest absolute Gasteiger partial charge is 0.547 e. The highest BCUT2D eigenvalue weighted by molar-refractivity contribution is 6.47. The topological polar surface area (TPSA) is 108 Å². The van der Waals surface area contributed by atoms with Gasteiger partial charge in [-0.3, -0.25) is 4.79 Å². The van der Waals surface area contributed by atoms with Crippen LogP contribution in [0.1, 0.15) is 34.3 Å². The molecule has 1 amide bonds. The molecular formula is C21H23BN2O5. The maximum absolute atomic E-state index is 13.4. The van der Waals surface area contributed by atoms with Gasteiger partial charge in [0, 0.05) is 0 Å². The number of aromatic carboxylic acids is 1. The summed E-state index contributed by atoms with van der Waals surface area (Å²) < 4.78 is 5.51. The average molecular weight is 394 g/mol. The number of carboxylic acids is 1. The van der Waals surface area contributed by atoms with Gasteiger partial charge in [-0.15, -0.1) is 0 Å². The van der Waals surface area contributed by atoms with Crippen molar-refractivity contribution in [3.8, 4) is 5.75 Å². The first-order chi connectivity index (χ1) is 14.0. The van der Waals surface area contributed by atoms with Crippen molar-refractivity contribution in [3.63, 3.8) is 0 Å². The Bertz CT molecular complexity index is 915. The predicted octanol–water partition coefficient (Wildman–Crippen LogP) is 1.15. The number of carboxylic acid groups (broad SMARTS) is 1. The summed E-state index contributed by atoms with van der Waals surface area (Å²) in [6.45, 7) is 1.47. The van der Waals surface area contributed by atoms with Crippen molar-refractivity contribution in [2.45, 2.75) is 30.6 Å². The molecule has 1 fully saturated rings. The number of fused-ring (bicyclic) bond motifs is 1. The number of amides is 1. The molecule has 0 aliphatic carbocycles. The average Bonchev–Trinajstić information content (AvgIpc) is 2.74. The number of piperidine rings is 1. The van der Waals surface area contributed by atoms with Crippen LogP contribution in [0.4, 0.5) is 0 Å². The molecule has 2 aromatic rings. The Morgan fingerprint density at radius 2 is 1.83 bits per heavy atom. The van der Waals surface area contributed by atoms with Crippen LogP contribution in [0.25, 0.3) is 0 Å². The van der Waals surface area contributed by atoms with E-state index in [9.17, 15) is 19.7 Å². The normalized spacial score (nSPS) is 20.3. The lowest BCUT2D eigenvalue weighted by Crippen LogP contribution is -2.59. The lowest BCUT2D eigenvalue weighted by Gasteiger charge is -2.38. The van der Waals surface area contributed by atoms with E-state index in [4.69, 9.17) is 4.65 Å². The van der Waals surface area contributed by atoms with Crippen LogP contribution in [0.3, 0.4) is 0 Å². The van der Waals surface area contributed by atoms with Crippen molar-refractivity contribution in [1.82, 2.24) is 10.6 Å². The maximum Gasteiger partial charge on any atom is 0.547 e. The van der Waals surface area contributed by atoms with Crippen molar-refractivity contribution in [1.29, 1.82) is 0 Å². The second-order valence-corrected chi connectivity index (χ2v) is 7.59. The van der Waals surface area contributed by atoms with Crippen LogP contribution in [-0.4, -0.2) is 48.2 Å². The third-order valence-electron chi connectivity index (χ3n) is 5.88. The summed E-state index contributed by atoms with van der Waals surface area (Å²) in [6.07, 6.45) is 1.62. The molecule has 1 atom stereocenters. The molecule has 0 spiro atoms. The molecule has 7 nitrogen and oxygen atoms in total. The molecule has 2 aliphatic heterocycles. The molecule has 4 N–H and O–H groups in total. The van der Waals surface area contributed by atoms with E-state index < -0.39 is 24.4 Å². The smallest absolute Gasteiger partial charge is 0.534 e. The van der Waals surface area contributed by atoms with E-state index in [-0.39, 0.29) is 17.2 Å². The predicted molar refractivity (Wildman–Crippen MR) is 108 cm³/mol. The van der Waals surface area contributed by atoms with Gasteiger partial charge in [0.25, 0.3) is 0 Å². The summed E-state index contributed by atoms with van der Waals surface area (Å²) in [6, 6.07) is 14.5. The molecule has 0 unspecified atom stereocenters. The van der Waals surface area contributed by atoms with Crippen molar-refractivity contribution in [2.75, 3.05) is 13.1 Å². The molecule has 8 heteroatoms. The summed E-state index contributed by atoms with van der Waals surface area (Å²) in [4.78, 5) is 24.8. The molecule has 150 valence electrons. The molecule has 29 heavy (non-hydrogen) atoms. The van der Waals surface area contributed by atoms with Crippen molar-refractivity contribution in [3.05, 3.63) is 65.2 Å². The van der Waals surface area contributed by atoms with Gasteiger partial charge in [-0.2, -0.15) is 0 Å². The fourth-order valence-electron chi connectivity index (χ4n) is 4.28. The molecule has 0 bridgehead atoms.